The molecule has 29 heavy (non-hydrogen) atoms. The van der Waals surface area contributed by atoms with Gasteiger partial charge in [-0.25, -0.2) is 8.78 Å². The molecule has 0 radical (unpaired) electrons. The van der Waals surface area contributed by atoms with Crippen molar-refractivity contribution in [3.63, 3.8) is 0 Å². The first-order chi connectivity index (χ1) is 14.1. The Kier molecular flexibility index (Phi) is 4.96. The van der Waals surface area contributed by atoms with Crippen molar-refractivity contribution in [2.75, 3.05) is 13.2 Å². The Bertz CT molecular complexity index is 892. The number of aromatic nitrogens is 1. The van der Waals surface area contributed by atoms with Crippen molar-refractivity contribution < 1.29 is 18.3 Å². The molecule has 2 aromatic rings. The summed E-state index contributed by atoms with van der Waals surface area (Å²) in [5.41, 5.74) is 2.52. The topological polar surface area (TPSA) is 31.4 Å². The van der Waals surface area contributed by atoms with Crippen molar-refractivity contribution in [2.24, 2.45) is 17.8 Å². The van der Waals surface area contributed by atoms with E-state index < -0.39 is 12.0 Å². The van der Waals surface area contributed by atoms with Gasteiger partial charge in [-0.1, -0.05) is 24.3 Å². The van der Waals surface area contributed by atoms with Gasteiger partial charge in [-0.15, -0.1) is 0 Å². The predicted octanol–water partition coefficient (Wildman–Crippen LogP) is 5.42. The molecule has 0 bridgehead atoms. The first-order valence-electron chi connectivity index (χ1n) is 10.5. The van der Waals surface area contributed by atoms with Crippen LogP contribution in [-0.2, 0) is 9.47 Å². The summed E-state index contributed by atoms with van der Waals surface area (Å²) in [5.74, 6) is -0.0331. The van der Waals surface area contributed by atoms with Crippen molar-refractivity contribution in [2.45, 2.75) is 37.6 Å². The summed E-state index contributed by atoms with van der Waals surface area (Å²) in [5, 5.41) is 0. The van der Waals surface area contributed by atoms with E-state index in [1.807, 2.05) is 24.3 Å². The molecule has 1 aromatic carbocycles. The fourth-order valence-electron chi connectivity index (χ4n) is 5.38. The number of rotatable bonds is 3. The molecule has 1 spiro atoms. The van der Waals surface area contributed by atoms with E-state index in [2.05, 4.69) is 11.1 Å². The van der Waals surface area contributed by atoms with Gasteiger partial charge in [0.25, 0.3) is 0 Å². The first-order valence-corrected chi connectivity index (χ1v) is 10.5. The minimum absolute atomic E-state index is 0.118. The second-order valence-corrected chi connectivity index (χ2v) is 8.41. The zero-order valence-corrected chi connectivity index (χ0v) is 16.3. The van der Waals surface area contributed by atoms with Crippen LogP contribution < -0.4 is 0 Å². The number of benzene rings is 1. The van der Waals surface area contributed by atoms with E-state index >= 15 is 0 Å². The maximum absolute atomic E-state index is 13.9. The lowest BCUT2D eigenvalue weighted by Gasteiger charge is -2.32. The Morgan fingerprint density at radius 2 is 1.93 bits per heavy atom. The molecule has 2 aliphatic carbocycles. The number of alkyl halides is 1. The van der Waals surface area contributed by atoms with E-state index in [0.29, 0.717) is 37.9 Å². The Labute approximate surface area is 169 Å². The van der Waals surface area contributed by atoms with E-state index in [-0.39, 0.29) is 11.7 Å². The predicted molar refractivity (Wildman–Crippen MR) is 107 cm³/mol. The summed E-state index contributed by atoms with van der Waals surface area (Å²) < 4.78 is 39.5. The van der Waals surface area contributed by atoms with Gasteiger partial charge in [0.1, 0.15) is 12.0 Å². The third kappa shape index (κ3) is 3.62. The number of fused-ring (bicyclic) bond motifs is 1. The third-order valence-corrected chi connectivity index (χ3v) is 6.69. The molecule has 0 N–H and O–H groups in total. The average molecular weight is 397 g/mol. The summed E-state index contributed by atoms with van der Waals surface area (Å²) in [4.78, 5) is 4.53. The molecular weight excluding hydrogens is 372 g/mol. The van der Waals surface area contributed by atoms with Crippen LogP contribution in [0.4, 0.5) is 8.78 Å². The monoisotopic (exact) mass is 397 g/mol. The molecular formula is C24H25F2NO2. The normalized spacial score (nSPS) is 30.8. The van der Waals surface area contributed by atoms with E-state index in [1.165, 1.54) is 12.1 Å². The molecule has 1 saturated heterocycles. The van der Waals surface area contributed by atoms with Crippen LogP contribution in [0, 0.1) is 23.6 Å². The van der Waals surface area contributed by atoms with E-state index in [1.54, 1.807) is 12.3 Å². The van der Waals surface area contributed by atoms with Gasteiger partial charge in [0.15, 0.2) is 5.79 Å². The van der Waals surface area contributed by atoms with Crippen LogP contribution in [0.15, 0.2) is 48.7 Å². The number of pyridine rings is 1. The second-order valence-electron chi connectivity index (χ2n) is 8.41. The van der Waals surface area contributed by atoms with Crippen LogP contribution in [0.3, 0.4) is 0 Å². The lowest BCUT2D eigenvalue weighted by atomic mass is 9.77. The van der Waals surface area contributed by atoms with Gasteiger partial charge in [-0.3, -0.25) is 4.98 Å². The molecule has 1 aromatic heterocycles. The summed E-state index contributed by atoms with van der Waals surface area (Å²) >= 11 is 0. The molecule has 0 amide bonds. The van der Waals surface area contributed by atoms with Crippen LogP contribution in [0.25, 0.3) is 17.2 Å². The summed E-state index contributed by atoms with van der Waals surface area (Å²) in [7, 11) is 0. The number of hydrogen-bond donors (Lipinski definition) is 0. The van der Waals surface area contributed by atoms with Gasteiger partial charge in [0.2, 0.25) is 0 Å². The van der Waals surface area contributed by atoms with Crippen LogP contribution in [0.2, 0.25) is 0 Å². The molecule has 4 atom stereocenters. The highest BCUT2D eigenvalue weighted by Gasteiger charge is 2.57. The largest absolute Gasteiger partial charge is 0.347 e. The van der Waals surface area contributed by atoms with Crippen LogP contribution in [0.1, 0.15) is 31.4 Å². The molecule has 1 aliphatic heterocycles. The fourth-order valence-corrected chi connectivity index (χ4v) is 5.38. The lowest BCUT2D eigenvalue weighted by molar-refractivity contribution is -0.175. The fraction of sp³-hybridized carbons (Fsp3) is 0.458. The quantitative estimate of drug-likeness (QED) is 0.693. The minimum Gasteiger partial charge on any atom is -0.347 e. The van der Waals surface area contributed by atoms with Crippen molar-refractivity contribution in [1.82, 2.24) is 4.98 Å². The highest BCUT2D eigenvalue weighted by Crippen LogP contribution is 2.55. The SMILES string of the molecule is Fc1cccc(-c2ccc(/C=C/[C@H]3[C@@H]4CC[C@@H](F)C[C@@H]4CC34OCCO4)nc2)c1. The standard InChI is InChI=1S/C24H25F2NO2/c25-19-3-1-2-16(12-19)17-4-6-21(27-15-17)7-9-23-22-8-5-20(26)13-18(22)14-24(23)28-10-11-29-24/h1-4,6-7,9,12,15,18,20,22-23H,5,8,10-11,13-14H2/b9-7+/t18-,20-,22-,23+/m1/s1. The van der Waals surface area contributed by atoms with Gasteiger partial charge in [-0.2, -0.15) is 0 Å². The van der Waals surface area contributed by atoms with Crippen LogP contribution in [0.5, 0.6) is 0 Å². The van der Waals surface area contributed by atoms with Gasteiger partial charge in [0.05, 0.1) is 18.9 Å². The Morgan fingerprint density at radius 1 is 1.07 bits per heavy atom. The van der Waals surface area contributed by atoms with Crippen LogP contribution in [-0.4, -0.2) is 30.2 Å². The summed E-state index contributed by atoms with van der Waals surface area (Å²) in [6, 6.07) is 10.4. The highest BCUT2D eigenvalue weighted by atomic mass is 19.1. The first kappa shape index (κ1) is 18.9. The van der Waals surface area contributed by atoms with Crippen molar-refractivity contribution >= 4 is 6.08 Å². The van der Waals surface area contributed by atoms with Gasteiger partial charge in [0, 0.05) is 24.1 Å². The van der Waals surface area contributed by atoms with E-state index in [9.17, 15) is 8.78 Å². The van der Waals surface area contributed by atoms with Gasteiger partial charge >= 0.3 is 0 Å². The number of nitrogens with zero attached hydrogens (tertiary/aromatic N) is 1. The third-order valence-electron chi connectivity index (χ3n) is 6.69. The van der Waals surface area contributed by atoms with Crippen molar-refractivity contribution in [1.29, 1.82) is 0 Å². The molecule has 0 unspecified atom stereocenters. The zero-order valence-electron chi connectivity index (χ0n) is 16.3. The molecule has 3 fully saturated rings. The van der Waals surface area contributed by atoms with Gasteiger partial charge in [-0.05, 0) is 60.9 Å². The van der Waals surface area contributed by atoms with Crippen molar-refractivity contribution in [3.8, 4) is 11.1 Å². The second kappa shape index (κ2) is 7.62. The Hall–Kier alpha value is -2.11. The van der Waals surface area contributed by atoms with Crippen molar-refractivity contribution in [3.05, 3.63) is 60.2 Å². The molecule has 3 nitrogen and oxygen atoms in total. The maximum atomic E-state index is 13.9. The zero-order chi connectivity index (χ0) is 19.8. The number of hydrogen-bond acceptors (Lipinski definition) is 3. The molecule has 5 rings (SSSR count). The van der Waals surface area contributed by atoms with E-state index in [0.717, 1.165) is 29.7 Å². The molecule has 2 heterocycles. The smallest absolute Gasteiger partial charge is 0.175 e. The molecule has 152 valence electrons. The molecule has 3 aliphatic rings. The number of halogens is 2. The van der Waals surface area contributed by atoms with Crippen LogP contribution >= 0.6 is 0 Å². The number of ether oxygens (including phenoxy) is 2. The highest BCUT2D eigenvalue weighted by molar-refractivity contribution is 5.63. The summed E-state index contributed by atoms with van der Waals surface area (Å²) in [6.45, 7) is 1.20. The average Bonchev–Trinajstić information content (AvgIpc) is 3.31. The maximum Gasteiger partial charge on any atom is 0.175 e. The Balaban J connectivity index is 1.37. The molecule has 5 heteroatoms. The lowest BCUT2D eigenvalue weighted by Crippen LogP contribution is -2.35. The minimum atomic E-state index is -0.700. The Morgan fingerprint density at radius 3 is 2.69 bits per heavy atom. The van der Waals surface area contributed by atoms with Gasteiger partial charge < -0.3 is 9.47 Å². The summed E-state index contributed by atoms with van der Waals surface area (Å²) in [6.07, 6.45) is 8.12. The van der Waals surface area contributed by atoms with E-state index in [4.69, 9.17) is 9.47 Å². The molecule has 2 saturated carbocycles.